The maximum Gasteiger partial charge on any atom is 0.219 e. The number of fused-ring (bicyclic) bond motifs is 1. The number of ether oxygens (including phenoxy) is 4. The summed E-state index contributed by atoms with van der Waals surface area (Å²) in [5, 5.41) is 15.0. The highest BCUT2D eigenvalue weighted by molar-refractivity contribution is 5.30. The molecule has 0 radical (unpaired) electrons. The summed E-state index contributed by atoms with van der Waals surface area (Å²) in [7, 11) is 0. The van der Waals surface area contributed by atoms with Crippen LogP contribution in [-0.2, 0) is 18.9 Å². The number of hydrogen-bond donors (Lipinski definition) is 1. The van der Waals surface area contributed by atoms with Crippen molar-refractivity contribution in [3.05, 3.63) is 82.2 Å². The van der Waals surface area contributed by atoms with Crippen LogP contribution in [0.5, 0.6) is 0 Å². The maximum absolute atomic E-state index is 11.3. The molecule has 2 aromatic carbocycles. The summed E-state index contributed by atoms with van der Waals surface area (Å²) in [6.45, 7) is 3.37. The predicted molar refractivity (Wildman–Crippen MR) is 108 cm³/mol. The molecule has 2 aliphatic rings. The van der Waals surface area contributed by atoms with Crippen molar-refractivity contribution in [3.8, 4) is 0 Å². The minimum atomic E-state index is -1.75. The quantitative estimate of drug-likeness (QED) is 0.425. The normalized spacial score (nSPS) is 29.5. The average Bonchev–Trinajstić information content (AvgIpc) is 3.17. The molecule has 8 heteroatoms. The fraction of sp³-hybridized carbons (Fsp3) is 0.455. The number of hydrogen-bond acceptors (Lipinski definition) is 6. The molecule has 2 aromatic rings. The molecule has 0 aromatic heterocycles. The van der Waals surface area contributed by atoms with E-state index in [2.05, 4.69) is 10.0 Å². The zero-order chi connectivity index (χ0) is 21.2. The molecule has 2 fully saturated rings. The molecular weight excluding hydrogens is 386 g/mol. The highest BCUT2D eigenvalue weighted by Gasteiger charge is 2.67. The summed E-state index contributed by atoms with van der Waals surface area (Å²) in [6, 6.07) is 19.5. The van der Waals surface area contributed by atoms with Gasteiger partial charge in [0.25, 0.3) is 0 Å². The van der Waals surface area contributed by atoms with Gasteiger partial charge in [0.15, 0.2) is 5.79 Å². The van der Waals surface area contributed by atoms with E-state index < -0.39 is 29.4 Å². The summed E-state index contributed by atoms with van der Waals surface area (Å²) in [5.41, 5.74) is 9.61. The SMILES string of the molecule is CC1(C)O[C@@H]2C(O)(COC(c3ccccc3)c3ccccc3)OC[C@]2(CN=[N+]=[N-])O1. The Hall–Kier alpha value is -2.45. The first-order valence-corrected chi connectivity index (χ1v) is 9.84. The third-order valence-corrected chi connectivity index (χ3v) is 5.37. The molecule has 3 atom stereocenters. The van der Waals surface area contributed by atoms with Gasteiger partial charge in [-0.3, -0.25) is 0 Å². The van der Waals surface area contributed by atoms with E-state index in [9.17, 15) is 5.11 Å². The minimum absolute atomic E-state index is 0.0132. The van der Waals surface area contributed by atoms with Gasteiger partial charge in [-0.1, -0.05) is 65.8 Å². The molecule has 158 valence electrons. The first-order valence-electron chi connectivity index (χ1n) is 9.84. The molecule has 0 amide bonds. The van der Waals surface area contributed by atoms with Crippen LogP contribution < -0.4 is 0 Å². The summed E-state index contributed by atoms with van der Waals surface area (Å²) >= 11 is 0. The Labute approximate surface area is 175 Å². The van der Waals surface area contributed by atoms with Gasteiger partial charge in [0.1, 0.15) is 24.4 Å². The minimum Gasteiger partial charge on any atom is -0.363 e. The fourth-order valence-corrected chi connectivity index (χ4v) is 4.16. The molecule has 4 rings (SSSR count). The van der Waals surface area contributed by atoms with Gasteiger partial charge >= 0.3 is 0 Å². The number of nitrogens with zero attached hydrogens (tertiary/aromatic N) is 3. The average molecular weight is 411 g/mol. The molecule has 2 saturated heterocycles. The summed E-state index contributed by atoms with van der Waals surface area (Å²) in [4.78, 5) is 2.82. The fourth-order valence-electron chi connectivity index (χ4n) is 4.16. The van der Waals surface area contributed by atoms with Crippen LogP contribution in [0, 0.1) is 0 Å². The van der Waals surface area contributed by atoms with Crippen molar-refractivity contribution in [1.29, 1.82) is 0 Å². The Morgan fingerprint density at radius 2 is 1.73 bits per heavy atom. The number of aliphatic hydroxyl groups is 1. The molecule has 0 bridgehead atoms. The van der Waals surface area contributed by atoms with Crippen LogP contribution in [-0.4, -0.2) is 48.1 Å². The number of azide groups is 1. The number of rotatable bonds is 7. The standard InChI is InChI=1S/C22H25N3O5/c1-20(2)29-19-21(30-20,13-24-25-23)14-28-22(19,26)15-27-18(16-9-5-3-6-10-16)17-11-7-4-8-12-17/h3-12,18-19,26H,13-15H2,1-2H3/t19-,21-,22?/m0/s1. The van der Waals surface area contributed by atoms with Gasteiger partial charge in [-0.15, -0.1) is 0 Å². The molecule has 2 aliphatic heterocycles. The molecule has 1 unspecified atom stereocenters. The third-order valence-electron chi connectivity index (χ3n) is 5.37. The molecular formula is C22H25N3O5. The second-order valence-corrected chi connectivity index (χ2v) is 8.10. The zero-order valence-corrected chi connectivity index (χ0v) is 17.0. The lowest BCUT2D eigenvalue weighted by Gasteiger charge is -2.31. The number of benzene rings is 2. The van der Waals surface area contributed by atoms with E-state index in [1.54, 1.807) is 13.8 Å². The van der Waals surface area contributed by atoms with Gasteiger partial charge in [-0.2, -0.15) is 0 Å². The van der Waals surface area contributed by atoms with Gasteiger partial charge in [0.2, 0.25) is 5.79 Å². The lowest BCUT2D eigenvalue weighted by atomic mass is 9.94. The molecule has 30 heavy (non-hydrogen) atoms. The molecule has 1 N–H and O–H groups in total. The Bertz CT molecular complexity index is 879. The van der Waals surface area contributed by atoms with Crippen molar-refractivity contribution >= 4 is 0 Å². The molecule has 8 nitrogen and oxygen atoms in total. The van der Waals surface area contributed by atoms with Crippen LogP contribution in [0.1, 0.15) is 31.1 Å². The van der Waals surface area contributed by atoms with Crippen molar-refractivity contribution in [1.82, 2.24) is 0 Å². The molecule has 0 saturated carbocycles. The lowest BCUT2D eigenvalue weighted by Crippen LogP contribution is -2.52. The van der Waals surface area contributed by atoms with E-state index in [0.29, 0.717) is 0 Å². The van der Waals surface area contributed by atoms with Gasteiger partial charge < -0.3 is 24.1 Å². The van der Waals surface area contributed by atoms with Gasteiger partial charge in [-0.25, -0.2) is 0 Å². The monoisotopic (exact) mass is 411 g/mol. The van der Waals surface area contributed by atoms with E-state index in [4.69, 9.17) is 24.5 Å². The topological polar surface area (TPSA) is 106 Å². The molecule has 0 spiro atoms. The summed E-state index contributed by atoms with van der Waals surface area (Å²) < 4.78 is 23.9. The summed E-state index contributed by atoms with van der Waals surface area (Å²) in [5.74, 6) is -2.70. The molecule has 2 heterocycles. The second kappa shape index (κ2) is 8.00. The molecule has 0 aliphatic carbocycles. The van der Waals surface area contributed by atoms with E-state index in [1.165, 1.54) is 0 Å². The van der Waals surface area contributed by atoms with Gasteiger partial charge in [0, 0.05) is 4.91 Å². The van der Waals surface area contributed by atoms with Crippen LogP contribution in [0.4, 0.5) is 0 Å². The Balaban J connectivity index is 1.58. The highest BCUT2D eigenvalue weighted by atomic mass is 16.8. The van der Waals surface area contributed by atoms with Crippen LogP contribution in [0.2, 0.25) is 0 Å². The van der Waals surface area contributed by atoms with Crippen molar-refractivity contribution in [2.75, 3.05) is 19.8 Å². The van der Waals surface area contributed by atoms with Crippen molar-refractivity contribution in [3.63, 3.8) is 0 Å². The zero-order valence-electron chi connectivity index (χ0n) is 17.0. The first kappa shape index (κ1) is 20.8. The van der Waals surface area contributed by atoms with Crippen molar-refractivity contribution in [2.24, 2.45) is 5.11 Å². The van der Waals surface area contributed by atoms with Crippen LogP contribution in [0.25, 0.3) is 10.4 Å². The van der Waals surface area contributed by atoms with Crippen LogP contribution >= 0.6 is 0 Å². The van der Waals surface area contributed by atoms with E-state index in [0.717, 1.165) is 11.1 Å². The second-order valence-electron chi connectivity index (χ2n) is 8.10. The highest BCUT2D eigenvalue weighted by Crippen LogP contribution is 2.47. The van der Waals surface area contributed by atoms with Crippen LogP contribution in [0.15, 0.2) is 65.8 Å². The Kier molecular flexibility index (Phi) is 5.55. The largest absolute Gasteiger partial charge is 0.363 e. The predicted octanol–water partition coefficient (Wildman–Crippen LogP) is 3.71. The Morgan fingerprint density at radius 3 is 2.30 bits per heavy atom. The van der Waals surface area contributed by atoms with Crippen LogP contribution in [0.3, 0.4) is 0 Å². The first-order chi connectivity index (χ1) is 14.4. The van der Waals surface area contributed by atoms with Crippen molar-refractivity contribution < 1.29 is 24.1 Å². The maximum atomic E-state index is 11.3. The van der Waals surface area contributed by atoms with Gasteiger partial charge in [0.05, 0.1) is 13.2 Å². The Morgan fingerprint density at radius 1 is 1.13 bits per heavy atom. The smallest absolute Gasteiger partial charge is 0.219 e. The van der Waals surface area contributed by atoms with E-state index >= 15 is 0 Å². The van der Waals surface area contributed by atoms with Gasteiger partial charge in [-0.05, 0) is 30.5 Å². The third kappa shape index (κ3) is 3.94. The van der Waals surface area contributed by atoms with E-state index in [-0.39, 0.29) is 19.8 Å². The van der Waals surface area contributed by atoms with Crippen molar-refractivity contribution in [2.45, 2.75) is 43.2 Å². The summed E-state index contributed by atoms with van der Waals surface area (Å²) in [6.07, 6.45) is -1.26. The van der Waals surface area contributed by atoms with E-state index in [1.807, 2.05) is 60.7 Å². The lowest BCUT2D eigenvalue weighted by molar-refractivity contribution is -0.279.